The van der Waals surface area contributed by atoms with Crippen molar-refractivity contribution >= 4 is 0 Å². The van der Waals surface area contributed by atoms with Gasteiger partial charge in [-0.1, -0.05) is 31.2 Å². The molecule has 3 rings (SSSR count). The van der Waals surface area contributed by atoms with Crippen LogP contribution in [0.15, 0.2) is 36.7 Å². The second-order valence-corrected chi connectivity index (χ2v) is 4.60. The van der Waals surface area contributed by atoms with Crippen molar-refractivity contribution in [2.75, 3.05) is 0 Å². The molecule has 1 aromatic heterocycles. The number of hydrogen-bond donors (Lipinski definition) is 1. The van der Waals surface area contributed by atoms with E-state index < -0.39 is 0 Å². The van der Waals surface area contributed by atoms with Crippen LogP contribution in [0.4, 0.5) is 0 Å². The third kappa shape index (κ3) is 1.58. The molecule has 0 radical (unpaired) electrons. The number of fused-ring (bicyclic) bond motifs is 1. The molecule has 1 heterocycles. The maximum absolute atomic E-state index is 6.36. The molecule has 0 amide bonds. The van der Waals surface area contributed by atoms with Gasteiger partial charge in [0.1, 0.15) is 5.82 Å². The average molecular weight is 227 g/mol. The molecule has 0 fully saturated rings. The van der Waals surface area contributed by atoms with Crippen LogP contribution in [0.25, 0.3) is 0 Å². The molecule has 2 aromatic rings. The quantitative estimate of drug-likeness (QED) is 0.855. The van der Waals surface area contributed by atoms with Gasteiger partial charge < -0.3 is 10.3 Å². The van der Waals surface area contributed by atoms with Crippen molar-refractivity contribution in [3.8, 4) is 0 Å². The Labute approximate surface area is 101 Å². The lowest BCUT2D eigenvalue weighted by atomic mass is 10.1. The second kappa shape index (κ2) is 4.00. The molecule has 0 saturated carbocycles. The number of nitrogens with zero attached hydrogens (tertiary/aromatic N) is 2. The first kappa shape index (κ1) is 10.5. The lowest BCUT2D eigenvalue weighted by molar-refractivity contribution is 0.436. The number of imidazole rings is 1. The van der Waals surface area contributed by atoms with Gasteiger partial charge in [-0.25, -0.2) is 4.98 Å². The normalized spacial score (nSPS) is 22.7. The van der Waals surface area contributed by atoms with E-state index in [4.69, 9.17) is 5.73 Å². The number of aromatic nitrogens is 2. The van der Waals surface area contributed by atoms with Crippen molar-refractivity contribution in [1.29, 1.82) is 0 Å². The van der Waals surface area contributed by atoms with Gasteiger partial charge in [0, 0.05) is 18.8 Å². The Kier molecular flexibility index (Phi) is 2.48. The summed E-state index contributed by atoms with van der Waals surface area (Å²) in [6, 6.07) is 8.88. The first-order valence-electron chi connectivity index (χ1n) is 6.16. The van der Waals surface area contributed by atoms with Gasteiger partial charge in [0.25, 0.3) is 0 Å². The van der Waals surface area contributed by atoms with Crippen molar-refractivity contribution in [2.45, 2.75) is 31.8 Å². The third-order valence-corrected chi connectivity index (χ3v) is 3.68. The van der Waals surface area contributed by atoms with Gasteiger partial charge in [-0.3, -0.25) is 0 Å². The van der Waals surface area contributed by atoms with Crippen molar-refractivity contribution < 1.29 is 0 Å². The molecule has 0 aliphatic heterocycles. The highest BCUT2D eigenvalue weighted by Crippen LogP contribution is 2.37. The van der Waals surface area contributed by atoms with Crippen LogP contribution in [0.3, 0.4) is 0 Å². The summed E-state index contributed by atoms with van der Waals surface area (Å²) in [7, 11) is 0. The monoisotopic (exact) mass is 227 g/mol. The van der Waals surface area contributed by atoms with E-state index in [0.29, 0.717) is 6.04 Å². The van der Waals surface area contributed by atoms with Crippen LogP contribution in [0.5, 0.6) is 0 Å². The summed E-state index contributed by atoms with van der Waals surface area (Å²) in [5, 5.41) is 0. The highest BCUT2D eigenvalue weighted by molar-refractivity contribution is 5.36. The third-order valence-electron chi connectivity index (χ3n) is 3.68. The molecule has 1 aliphatic carbocycles. The van der Waals surface area contributed by atoms with Gasteiger partial charge >= 0.3 is 0 Å². The molecule has 2 N–H and O–H groups in total. The largest absolute Gasteiger partial charge is 0.330 e. The molecule has 0 bridgehead atoms. The van der Waals surface area contributed by atoms with E-state index in [1.54, 1.807) is 0 Å². The number of rotatable bonds is 2. The maximum Gasteiger partial charge on any atom is 0.108 e. The van der Waals surface area contributed by atoms with E-state index in [9.17, 15) is 0 Å². The summed E-state index contributed by atoms with van der Waals surface area (Å²) in [6.45, 7) is 2.13. The fourth-order valence-corrected chi connectivity index (χ4v) is 2.80. The zero-order valence-electron chi connectivity index (χ0n) is 10.0. The molecule has 0 saturated heterocycles. The zero-order valence-corrected chi connectivity index (χ0v) is 10.0. The minimum Gasteiger partial charge on any atom is -0.330 e. The Hall–Kier alpha value is -1.61. The van der Waals surface area contributed by atoms with E-state index in [0.717, 1.165) is 18.7 Å². The van der Waals surface area contributed by atoms with Crippen LogP contribution in [0.2, 0.25) is 0 Å². The Bertz CT molecular complexity index is 530. The van der Waals surface area contributed by atoms with Crippen LogP contribution >= 0.6 is 0 Å². The van der Waals surface area contributed by atoms with E-state index in [2.05, 4.69) is 46.9 Å². The minimum atomic E-state index is 0.0886. The molecule has 2 unspecified atom stereocenters. The molecule has 3 nitrogen and oxygen atoms in total. The molecule has 17 heavy (non-hydrogen) atoms. The zero-order chi connectivity index (χ0) is 11.8. The van der Waals surface area contributed by atoms with Gasteiger partial charge in [-0.05, 0) is 17.5 Å². The summed E-state index contributed by atoms with van der Waals surface area (Å²) in [6.07, 6.45) is 5.89. The van der Waals surface area contributed by atoms with Gasteiger partial charge in [-0.15, -0.1) is 0 Å². The summed E-state index contributed by atoms with van der Waals surface area (Å²) in [5.74, 6) is 1.12. The number of aryl methyl sites for hydroxylation is 1. The van der Waals surface area contributed by atoms with Gasteiger partial charge in [-0.2, -0.15) is 0 Å². The summed E-state index contributed by atoms with van der Waals surface area (Å²) < 4.78 is 2.24. The van der Waals surface area contributed by atoms with Gasteiger partial charge in [0.2, 0.25) is 0 Å². The van der Waals surface area contributed by atoms with Crippen LogP contribution < -0.4 is 5.73 Å². The fraction of sp³-hybridized carbons (Fsp3) is 0.357. The van der Waals surface area contributed by atoms with E-state index in [1.165, 1.54) is 11.1 Å². The van der Waals surface area contributed by atoms with Crippen LogP contribution in [-0.4, -0.2) is 9.55 Å². The minimum absolute atomic E-state index is 0.0886. The maximum atomic E-state index is 6.36. The van der Waals surface area contributed by atoms with Gasteiger partial charge in [0.15, 0.2) is 0 Å². The predicted octanol–water partition coefficient (Wildman–Crippen LogP) is 2.24. The Balaban J connectivity index is 1.99. The molecular formula is C14H17N3. The molecule has 1 aromatic carbocycles. The first-order valence-corrected chi connectivity index (χ1v) is 6.16. The SMILES string of the molecule is CCc1nccn1C1Cc2ccccc2C1N. The van der Waals surface area contributed by atoms with Crippen LogP contribution in [0, 0.1) is 0 Å². The van der Waals surface area contributed by atoms with E-state index >= 15 is 0 Å². The molecule has 2 atom stereocenters. The van der Waals surface area contributed by atoms with Gasteiger partial charge in [0.05, 0.1) is 12.1 Å². The Morgan fingerprint density at radius 1 is 1.41 bits per heavy atom. The van der Waals surface area contributed by atoms with Crippen molar-refractivity contribution in [3.05, 3.63) is 53.6 Å². The Morgan fingerprint density at radius 2 is 2.24 bits per heavy atom. The number of benzene rings is 1. The van der Waals surface area contributed by atoms with E-state index in [1.807, 2.05) is 6.20 Å². The summed E-state index contributed by atoms with van der Waals surface area (Å²) >= 11 is 0. The van der Waals surface area contributed by atoms with E-state index in [-0.39, 0.29) is 6.04 Å². The van der Waals surface area contributed by atoms with Crippen LogP contribution in [-0.2, 0) is 12.8 Å². The van der Waals surface area contributed by atoms with Crippen molar-refractivity contribution in [2.24, 2.45) is 5.73 Å². The molecular weight excluding hydrogens is 210 g/mol. The number of hydrogen-bond acceptors (Lipinski definition) is 2. The lowest BCUT2D eigenvalue weighted by Crippen LogP contribution is -2.21. The van der Waals surface area contributed by atoms with Crippen molar-refractivity contribution in [1.82, 2.24) is 9.55 Å². The standard InChI is InChI=1S/C14H17N3/c1-2-13-16-7-8-17(13)12-9-10-5-3-4-6-11(10)14(12)15/h3-8,12,14H,2,9,15H2,1H3. The topological polar surface area (TPSA) is 43.8 Å². The van der Waals surface area contributed by atoms with Crippen LogP contribution in [0.1, 0.15) is 36.0 Å². The average Bonchev–Trinajstić information content (AvgIpc) is 2.94. The summed E-state index contributed by atoms with van der Waals surface area (Å²) in [5.41, 5.74) is 9.02. The summed E-state index contributed by atoms with van der Waals surface area (Å²) in [4.78, 5) is 4.38. The Morgan fingerprint density at radius 3 is 3.00 bits per heavy atom. The fourth-order valence-electron chi connectivity index (χ4n) is 2.80. The molecule has 0 spiro atoms. The molecule has 1 aliphatic rings. The predicted molar refractivity (Wildman–Crippen MR) is 67.7 cm³/mol. The smallest absolute Gasteiger partial charge is 0.108 e. The number of nitrogens with two attached hydrogens (primary N) is 1. The molecule has 88 valence electrons. The first-order chi connectivity index (χ1) is 8.31. The lowest BCUT2D eigenvalue weighted by Gasteiger charge is -2.19. The van der Waals surface area contributed by atoms with Crippen molar-refractivity contribution in [3.63, 3.8) is 0 Å². The molecule has 3 heteroatoms. The second-order valence-electron chi connectivity index (χ2n) is 4.60. The highest BCUT2D eigenvalue weighted by atomic mass is 15.1. The highest BCUT2D eigenvalue weighted by Gasteiger charge is 2.31.